The van der Waals surface area contributed by atoms with Crippen molar-refractivity contribution < 1.29 is 9.59 Å². The van der Waals surface area contributed by atoms with Crippen LogP contribution in [-0.4, -0.2) is 28.4 Å². The lowest BCUT2D eigenvalue weighted by Crippen LogP contribution is -2.24. The van der Waals surface area contributed by atoms with Gasteiger partial charge in [-0.05, 0) is 43.2 Å². The van der Waals surface area contributed by atoms with Crippen molar-refractivity contribution in [3.63, 3.8) is 0 Å². The van der Waals surface area contributed by atoms with Gasteiger partial charge in [0.25, 0.3) is 5.91 Å². The third-order valence-electron chi connectivity index (χ3n) is 4.59. The molecule has 1 aliphatic carbocycles. The average Bonchev–Trinajstić information content (AvgIpc) is 3.03. The molecule has 1 aliphatic heterocycles. The van der Waals surface area contributed by atoms with Crippen LogP contribution in [0.4, 0.5) is 5.69 Å². The van der Waals surface area contributed by atoms with Crippen LogP contribution >= 0.6 is 11.8 Å². The van der Waals surface area contributed by atoms with E-state index in [2.05, 4.69) is 29.1 Å². The maximum absolute atomic E-state index is 12.4. The van der Waals surface area contributed by atoms with Crippen LogP contribution in [0.25, 0.3) is 0 Å². The van der Waals surface area contributed by atoms with Gasteiger partial charge in [-0.1, -0.05) is 43.8 Å². The number of rotatable bonds is 4. The number of amidine groups is 1. The van der Waals surface area contributed by atoms with Gasteiger partial charge in [0.15, 0.2) is 5.17 Å². The molecular formula is C19H23N3O2S. The largest absolute Gasteiger partial charge is 0.325 e. The van der Waals surface area contributed by atoms with E-state index in [0.717, 1.165) is 41.8 Å². The predicted octanol–water partition coefficient (Wildman–Crippen LogP) is 3.93. The Balaban J connectivity index is 1.64. The molecular weight excluding hydrogens is 334 g/mol. The summed E-state index contributed by atoms with van der Waals surface area (Å²) in [6.07, 6.45) is 2.71. The number of amides is 2. The van der Waals surface area contributed by atoms with Gasteiger partial charge in [-0.15, -0.1) is 0 Å². The van der Waals surface area contributed by atoms with E-state index < -0.39 is 0 Å². The molecule has 0 radical (unpaired) electrons. The van der Waals surface area contributed by atoms with Crippen LogP contribution in [0, 0.1) is 12.8 Å². The van der Waals surface area contributed by atoms with Gasteiger partial charge in [0, 0.05) is 11.4 Å². The Morgan fingerprint density at radius 2 is 2.16 bits per heavy atom. The number of carbonyl (C=O) groups excluding carboxylic acids is 2. The molecule has 1 aromatic rings. The third-order valence-corrected chi connectivity index (χ3v) is 5.44. The topological polar surface area (TPSA) is 70.9 Å². The van der Waals surface area contributed by atoms with Crippen LogP contribution in [0.2, 0.25) is 0 Å². The second-order valence-corrected chi connectivity index (χ2v) is 7.75. The van der Waals surface area contributed by atoms with E-state index in [1.165, 1.54) is 11.8 Å². The summed E-state index contributed by atoms with van der Waals surface area (Å²) in [5.74, 6) is 0.198. The molecule has 5 nitrogen and oxygen atoms in total. The Kier molecular flexibility index (Phi) is 5.37. The van der Waals surface area contributed by atoms with Gasteiger partial charge in [0.05, 0.1) is 11.7 Å². The van der Waals surface area contributed by atoms with Gasteiger partial charge in [0.1, 0.15) is 0 Å². The van der Waals surface area contributed by atoms with Gasteiger partial charge in [-0.2, -0.15) is 4.99 Å². The van der Waals surface area contributed by atoms with Crippen molar-refractivity contribution in [3.05, 3.63) is 29.3 Å². The van der Waals surface area contributed by atoms with Gasteiger partial charge in [-0.25, -0.2) is 4.99 Å². The number of para-hydroxylation sites is 1. The molecule has 1 heterocycles. The van der Waals surface area contributed by atoms with Crippen LogP contribution in [0.3, 0.4) is 0 Å². The number of carbonyl (C=O) groups is 2. The SMILES string of the molecule is Cc1cccc(C(C)C)c1NC(=O)CSC1=NC(=O)C2CCCC2=N1. The minimum absolute atomic E-state index is 0.105. The predicted molar refractivity (Wildman–Crippen MR) is 104 cm³/mol. The van der Waals surface area contributed by atoms with Crippen LogP contribution in [0.5, 0.6) is 0 Å². The fraction of sp³-hybridized carbons (Fsp3) is 0.474. The second kappa shape index (κ2) is 7.52. The van der Waals surface area contributed by atoms with Gasteiger partial charge < -0.3 is 5.32 Å². The van der Waals surface area contributed by atoms with Crippen LogP contribution in [-0.2, 0) is 9.59 Å². The van der Waals surface area contributed by atoms with Crippen molar-refractivity contribution in [3.8, 4) is 0 Å². The number of hydrogen-bond acceptors (Lipinski definition) is 4. The van der Waals surface area contributed by atoms with Crippen LogP contribution < -0.4 is 5.32 Å². The van der Waals surface area contributed by atoms with E-state index in [1.807, 2.05) is 25.1 Å². The summed E-state index contributed by atoms with van der Waals surface area (Å²) in [5.41, 5.74) is 3.98. The summed E-state index contributed by atoms with van der Waals surface area (Å²) in [6, 6.07) is 6.03. The molecule has 132 valence electrons. The number of aliphatic imine (C=N–C) groups is 2. The van der Waals surface area contributed by atoms with Gasteiger partial charge in [-0.3, -0.25) is 9.59 Å². The number of nitrogens with zero attached hydrogens (tertiary/aromatic N) is 2. The summed E-state index contributed by atoms with van der Waals surface area (Å²) in [5, 5.41) is 3.43. The highest BCUT2D eigenvalue weighted by Gasteiger charge is 2.32. The highest BCUT2D eigenvalue weighted by atomic mass is 32.2. The molecule has 1 atom stereocenters. The maximum atomic E-state index is 12.4. The first-order chi connectivity index (χ1) is 12.0. The zero-order valence-electron chi connectivity index (χ0n) is 14.8. The number of aryl methyl sites for hydroxylation is 1. The van der Waals surface area contributed by atoms with Crippen LogP contribution in [0.15, 0.2) is 28.2 Å². The fourth-order valence-electron chi connectivity index (χ4n) is 3.26. The van der Waals surface area contributed by atoms with E-state index in [1.54, 1.807) is 0 Å². The average molecular weight is 357 g/mol. The molecule has 6 heteroatoms. The summed E-state index contributed by atoms with van der Waals surface area (Å²) < 4.78 is 0. The lowest BCUT2D eigenvalue weighted by Gasteiger charge is -2.17. The van der Waals surface area contributed by atoms with Crippen molar-refractivity contribution in [2.45, 2.75) is 46.0 Å². The molecule has 1 aromatic carbocycles. The number of fused-ring (bicyclic) bond motifs is 1. The molecule has 2 amide bonds. The monoisotopic (exact) mass is 357 g/mol. The molecule has 2 aliphatic rings. The van der Waals surface area contributed by atoms with Crippen LogP contribution in [0.1, 0.15) is 50.2 Å². The molecule has 0 spiro atoms. The first-order valence-electron chi connectivity index (χ1n) is 8.68. The third kappa shape index (κ3) is 4.00. The van der Waals surface area contributed by atoms with Crippen molar-refractivity contribution in [2.75, 3.05) is 11.1 Å². The first kappa shape index (κ1) is 17.9. The number of hydrogen-bond donors (Lipinski definition) is 1. The minimum Gasteiger partial charge on any atom is -0.325 e. The van der Waals surface area contributed by atoms with Gasteiger partial charge in [0.2, 0.25) is 5.91 Å². The smallest absolute Gasteiger partial charge is 0.256 e. The quantitative estimate of drug-likeness (QED) is 0.887. The summed E-state index contributed by atoms with van der Waals surface area (Å²) in [6.45, 7) is 6.20. The molecule has 0 saturated heterocycles. The van der Waals surface area contributed by atoms with Crippen molar-refractivity contribution in [1.29, 1.82) is 0 Å². The molecule has 0 aromatic heterocycles. The Morgan fingerprint density at radius 1 is 1.36 bits per heavy atom. The normalized spacial score (nSPS) is 19.5. The molecule has 1 fully saturated rings. The zero-order chi connectivity index (χ0) is 18.0. The number of anilines is 1. The fourth-order valence-corrected chi connectivity index (χ4v) is 3.93. The highest BCUT2D eigenvalue weighted by molar-refractivity contribution is 8.14. The Morgan fingerprint density at radius 3 is 2.92 bits per heavy atom. The molecule has 25 heavy (non-hydrogen) atoms. The minimum atomic E-state index is -0.112. The first-order valence-corrected chi connectivity index (χ1v) is 9.66. The lowest BCUT2D eigenvalue weighted by molar-refractivity contribution is -0.119. The van der Waals surface area contributed by atoms with E-state index in [0.29, 0.717) is 11.1 Å². The lowest BCUT2D eigenvalue weighted by atomic mass is 9.98. The number of nitrogens with one attached hydrogen (secondary N) is 1. The van der Waals surface area contributed by atoms with Crippen molar-refractivity contribution >= 4 is 40.1 Å². The molecule has 1 N–H and O–H groups in total. The Hall–Kier alpha value is -1.95. The molecule has 1 saturated carbocycles. The van der Waals surface area contributed by atoms with E-state index >= 15 is 0 Å². The van der Waals surface area contributed by atoms with E-state index in [-0.39, 0.29) is 23.5 Å². The highest BCUT2D eigenvalue weighted by Crippen LogP contribution is 2.29. The summed E-state index contributed by atoms with van der Waals surface area (Å²) in [4.78, 5) is 32.9. The summed E-state index contributed by atoms with van der Waals surface area (Å²) in [7, 11) is 0. The Bertz CT molecular complexity index is 768. The zero-order valence-corrected chi connectivity index (χ0v) is 15.7. The van der Waals surface area contributed by atoms with Crippen molar-refractivity contribution in [2.24, 2.45) is 15.9 Å². The number of thioether (sulfide) groups is 1. The van der Waals surface area contributed by atoms with Crippen molar-refractivity contribution in [1.82, 2.24) is 0 Å². The molecule has 1 unspecified atom stereocenters. The molecule has 3 rings (SSSR count). The second-order valence-electron chi connectivity index (χ2n) is 6.81. The van der Waals surface area contributed by atoms with Gasteiger partial charge >= 0.3 is 0 Å². The maximum Gasteiger partial charge on any atom is 0.256 e. The summed E-state index contributed by atoms with van der Waals surface area (Å²) >= 11 is 1.23. The Labute approximate surface area is 152 Å². The van der Waals surface area contributed by atoms with E-state index in [9.17, 15) is 9.59 Å². The van der Waals surface area contributed by atoms with E-state index in [4.69, 9.17) is 0 Å². The standard InChI is InChI=1S/C19H23N3O2S/c1-11(2)13-7-4-6-12(3)17(13)21-16(23)10-25-19-20-15-9-5-8-14(15)18(24)22-19/h4,6-7,11,14H,5,8-10H2,1-3H3,(H,21,23). The molecule has 0 bridgehead atoms. The number of benzene rings is 1.